The van der Waals surface area contributed by atoms with Crippen molar-refractivity contribution in [3.05, 3.63) is 41.6 Å². The van der Waals surface area contributed by atoms with Crippen molar-refractivity contribution in [3.8, 4) is 5.75 Å². The van der Waals surface area contributed by atoms with Crippen LogP contribution in [-0.4, -0.2) is 22.5 Å². The maximum atomic E-state index is 11.3. The highest BCUT2D eigenvalue weighted by atomic mass is 16.5. The summed E-state index contributed by atoms with van der Waals surface area (Å²) >= 11 is 0. The third-order valence-corrected chi connectivity index (χ3v) is 4.84. The number of nitrogens with one attached hydrogen (secondary N) is 3. The number of benzene rings is 1. The number of ether oxygens (including phenoxy) is 1. The number of anilines is 3. The maximum absolute atomic E-state index is 11.3. The lowest BCUT2D eigenvalue weighted by atomic mass is 9.96. The molecule has 0 saturated carbocycles. The second-order valence-corrected chi connectivity index (χ2v) is 6.55. The summed E-state index contributed by atoms with van der Waals surface area (Å²) in [5.74, 6) is 1.32. The number of hydrogen-bond acceptors (Lipinski definition) is 4. The molecule has 2 aromatic heterocycles. The maximum Gasteiger partial charge on any atom is 0.262 e. The molecule has 3 aromatic rings. The number of aromatic amines is 1. The number of nitrogens with zero attached hydrogens (tertiary/aromatic N) is 1. The second-order valence-electron chi connectivity index (χ2n) is 6.55. The number of carbonyl (C=O) groups excluding carboxylic acids is 1. The fourth-order valence-corrected chi connectivity index (χ4v) is 3.65. The minimum atomic E-state index is -0.129. The van der Waals surface area contributed by atoms with E-state index in [0.29, 0.717) is 11.4 Å². The summed E-state index contributed by atoms with van der Waals surface area (Å²) in [6.07, 6.45) is 4.75. The van der Waals surface area contributed by atoms with Crippen LogP contribution < -0.4 is 15.4 Å². The van der Waals surface area contributed by atoms with Gasteiger partial charge in [-0.1, -0.05) is 0 Å². The highest BCUT2D eigenvalue weighted by molar-refractivity contribution is 5.95. The number of fused-ring (bicyclic) bond motifs is 4. The number of pyridine rings is 1. The molecule has 6 nitrogen and oxygen atoms in total. The molecule has 1 aliphatic carbocycles. The average molecular weight is 334 g/mol. The molecule has 3 heterocycles. The van der Waals surface area contributed by atoms with Gasteiger partial charge in [-0.2, -0.15) is 0 Å². The van der Waals surface area contributed by atoms with Crippen LogP contribution in [-0.2, 0) is 17.6 Å². The van der Waals surface area contributed by atoms with Crippen LogP contribution in [0.3, 0.4) is 0 Å². The van der Waals surface area contributed by atoms with Gasteiger partial charge in [-0.05, 0) is 55.5 Å². The topological polar surface area (TPSA) is 79.0 Å². The van der Waals surface area contributed by atoms with Gasteiger partial charge >= 0.3 is 0 Å². The molecule has 2 aliphatic rings. The van der Waals surface area contributed by atoms with Gasteiger partial charge in [0.25, 0.3) is 5.91 Å². The Morgan fingerprint density at radius 1 is 1.12 bits per heavy atom. The van der Waals surface area contributed by atoms with Crippen molar-refractivity contribution in [2.24, 2.45) is 0 Å². The average Bonchev–Trinajstić information content (AvgIpc) is 2.99. The van der Waals surface area contributed by atoms with Crippen LogP contribution in [0.15, 0.2) is 30.3 Å². The van der Waals surface area contributed by atoms with Gasteiger partial charge < -0.3 is 20.4 Å². The van der Waals surface area contributed by atoms with Crippen LogP contribution >= 0.6 is 0 Å². The van der Waals surface area contributed by atoms with Gasteiger partial charge in [-0.15, -0.1) is 0 Å². The van der Waals surface area contributed by atoms with Crippen molar-refractivity contribution in [1.82, 2.24) is 9.97 Å². The molecule has 3 N–H and O–H groups in total. The van der Waals surface area contributed by atoms with Crippen LogP contribution in [0, 0.1) is 0 Å². The Morgan fingerprint density at radius 3 is 3.00 bits per heavy atom. The molecular formula is C19H18N4O2. The van der Waals surface area contributed by atoms with E-state index in [0.717, 1.165) is 30.0 Å². The monoisotopic (exact) mass is 334 g/mol. The zero-order chi connectivity index (χ0) is 16.8. The number of aryl methyl sites for hydroxylation is 2. The van der Waals surface area contributed by atoms with Crippen molar-refractivity contribution in [2.45, 2.75) is 25.7 Å². The third kappa shape index (κ3) is 2.50. The highest BCUT2D eigenvalue weighted by Gasteiger charge is 2.17. The first-order valence-electron chi connectivity index (χ1n) is 8.60. The van der Waals surface area contributed by atoms with E-state index in [1.807, 2.05) is 24.3 Å². The molecular weight excluding hydrogens is 316 g/mol. The lowest BCUT2D eigenvalue weighted by molar-refractivity contribution is -0.118. The summed E-state index contributed by atoms with van der Waals surface area (Å²) in [4.78, 5) is 19.5. The zero-order valence-corrected chi connectivity index (χ0v) is 13.7. The van der Waals surface area contributed by atoms with Gasteiger partial charge in [0, 0.05) is 22.8 Å². The summed E-state index contributed by atoms with van der Waals surface area (Å²) in [5.41, 5.74) is 5.28. The molecule has 0 saturated heterocycles. The van der Waals surface area contributed by atoms with Crippen molar-refractivity contribution >= 4 is 34.1 Å². The van der Waals surface area contributed by atoms with Gasteiger partial charge in [0.15, 0.2) is 6.61 Å². The minimum Gasteiger partial charge on any atom is -0.482 e. The molecule has 1 amide bonds. The molecule has 5 rings (SSSR count). The first-order chi connectivity index (χ1) is 12.3. The largest absolute Gasteiger partial charge is 0.482 e. The Bertz CT molecular complexity index is 992. The third-order valence-electron chi connectivity index (χ3n) is 4.84. The SMILES string of the molecule is O=C1COc2cc(Nc3ccc4c5c([nH]c4n3)CCCC5)ccc2N1. The summed E-state index contributed by atoms with van der Waals surface area (Å²) in [7, 11) is 0. The van der Waals surface area contributed by atoms with Crippen molar-refractivity contribution < 1.29 is 9.53 Å². The number of hydrogen-bond donors (Lipinski definition) is 3. The first-order valence-corrected chi connectivity index (χ1v) is 8.60. The van der Waals surface area contributed by atoms with Crippen molar-refractivity contribution in [2.75, 3.05) is 17.2 Å². The molecule has 0 fully saturated rings. The van der Waals surface area contributed by atoms with Crippen molar-refractivity contribution in [3.63, 3.8) is 0 Å². The van der Waals surface area contributed by atoms with Crippen LogP contribution in [0.2, 0.25) is 0 Å². The zero-order valence-electron chi connectivity index (χ0n) is 13.7. The Kier molecular flexibility index (Phi) is 3.16. The number of H-pyrrole nitrogens is 1. The second kappa shape index (κ2) is 5.51. The predicted octanol–water partition coefficient (Wildman–Crippen LogP) is 3.52. The molecule has 0 atom stereocenters. The lowest BCUT2D eigenvalue weighted by Gasteiger charge is -2.18. The Morgan fingerprint density at radius 2 is 2.04 bits per heavy atom. The van der Waals surface area contributed by atoms with Crippen LogP contribution in [0.1, 0.15) is 24.1 Å². The van der Waals surface area contributed by atoms with Crippen LogP contribution in [0.25, 0.3) is 11.0 Å². The molecule has 0 spiro atoms. The van der Waals surface area contributed by atoms with E-state index in [1.54, 1.807) is 0 Å². The Hall–Kier alpha value is -3.02. The van der Waals surface area contributed by atoms with E-state index in [1.165, 1.54) is 29.5 Å². The van der Waals surface area contributed by atoms with E-state index in [4.69, 9.17) is 9.72 Å². The highest BCUT2D eigenvalue weighted by Crippen LogP contribution is 2.33. The van der Waals surface area contributed by atoms with Gasteiger partial charge in [0.05, 0.1) is 5.69 Å². The summed E-state index contributed by atoms with van der Waals surface area (Å²) < 4.78 is 5.46. The van der Waals surface area contributed by atoms with E-state index >= 15 is 0 Å². The van der Waals surface area contributed by atoms with Gasteiger partial charge in [-0.25, -0.2) is 4.98 Å². The number of aromatic nitrogens is 2. The first kappa shape index (κ1) is 14.3. The summed E-state index contributed by atoms with van der Waals surface area (Å²) in [5, 5.41) is 7.34. The standard InChI is InChI=1S/C19H18N4O2/c24-18-10-25-16-9-11(5-7-15(16)21-18)20-17-8-6-13-12-3-1-2-4-14(12)22-19(13)23-17/h5-9H,1-4,10H2,(H,21,24)(H2,20,22,23). The number of carbonyl (C=O) groups is 1. The molecule has 25 heavy (non-hydrogen) atoms. The van der Waals surface area contributed by atoms with Gasteiger partial charge in [0.1, 0.15) is 17.2 Å². The molecule has 0 radical (unpaired) electrons. The number of amides is 1. The van der Waals surface area contributed by atoms with Crippen LogP contribution in [0.5, 0.6) is 5.75 Å². The fraction of sp³-hybridized carbons (Fsp3) is 0.263. The fourth-order valence-electron chi connectivity index (χ4n) is 3.65. The molecule has 6 heteroatoms. The summed E-state index contributed by atoms with van der Waals surface area (Å²) in [6.45, 7) is 0.0503. The molecule has 0 bridgehead atoms. The smallest absolute Gasteiger partial charge is 0.262 e. The van der Waals surface area contributed by atoms with Gasteiger partial charge in [0.2, 0.25) is 0 Å². The molecule has 126 valence electrons. The van der Waals surface area contributed by atoms with Gasteiger partial charge in [-0.3, -0.25) is 4.79 Å². The van der Waals surface area contributed by atoms with E-state index < -0.39 is 0 Å². The Balaban J connectivity index is 1.45. The van der Waals surface area contributed by atoms with E-state index in [-0.39, 0.29) is 12.5 Å². The van der Waals surface area contributed by atoms with E-state index in [2.05, 4.69) is 21.7 Å². The Labute approximate surface area is 144 Å². The number of rotatable bonds is 2. The quantitative estimate of drug-likeness (QED) is 0.670. The van der Waals surface area contributed by atoms with Crippen LogP contribution in [0.4, 0.5) is 17.2 Å². The lowest BCUT2D eigenvalue weighted by Crippen LogP contribution is -2.25. The van der Waals surface area contributed by atoms with Crippen molar-refractivity contribution in [1.29, 1.82) is 0 Å². The summed E-state index contributed by atoms with van der Waals surface area (Å²) in [6, 6.07) is 9.76. The normalized spacial score (nSPS) is 15.9. The predicted molar refractivity (Wildman–Crippen MR) is 96.6 cm³/mol. The van der Waals surface area contributed by atoms with E-state index in [9.17, 15) is 4.79 Å². The molecule has 1 aromatic carbocycles. The molecule has 1 aliphatic heterocycles. The molecule has 0 unspecified atom stereocenters. The minimum absolute atomic E-state index is 0.0503.